The Kier molecular flexibility index (Phi) is 11.1. The molecule has 0 aliphatic heterocycles. The second-order valence-electron chi connectivity index (χ2n) is 7.99. The van der Waals surface area contributed by atoms with Crippen LogP contribution in [0.4, 0.5) is 0 Å². The highest BCUT2D eigenvalue weighted by Gasteiger charge is 2.33. The van der Waals surface area contributed by atoms with E-state index < -0.39 is 72.4 Å². The molecule has 35 heavy (non-hydrogen) atoms. The molecule has 0 radical (unpaired) electrons. The molecule has 11 N–H and O–H groups in total. The summed E-state index contributed by atoms with van der Waals surface area (Å²) in [5.74, 6) is -5.51. The number of aliphatic hydroxyl groups is 2. The van der Waals surface area contributed by atoms with E-state index in [0.29, 0.717) is 5.56 Å². The van der Waals surface area contributed by atoms with E-state index in [1.807, 2.05) is 0 Å². The second-order valence-corrected chi connectivity index (χ2v) is 7.99. The fourth-order valence-corrected chi connectivity index (χ4v) is 2.89. The van der Waals surface area contributed by atoms with Crippen molar-refractivity contribution in [3.05, 3.63) is 29.8 Å². The number of nitrogens with one attached hydrogen (secondary N) is 3. The van der Waals surface area contributed by atoms with Gasteiger partial charge in [0.2, 0.25) is 23.6 Å². The summed E-state index contributed by atoms with van der Waals surface area (Å²) < 4.78 is 0. The van der Waals surface area contributed by atoms with Gasteiger partial charge >= 0.3 is 5.97 Å². The van der Waals surface area contributed by atoms with Crippen LogP contribution in [0.1, 0.15) is 25.8 Å². The summed E-state index contributed by atoms with van der Waals surface area (Å²) in [6, 6.07) is -0.536. The van der Waals surface area contributed by atoms with E-state index in [2.05, 4.69) is 16.0 Å². The number of carbonyl (C=O) groups is 5. The van der Waals surface area contributed by atoms with Crippen LogP contribution in [-0.2, 0) is 30.4 Å². The number of aliphatic carboxylic acids is 1. The van der Waals surface area contributed by atoms with E-state index in [4.69, 9.17) is 11.5 Å². The van der Waals surface area contributed by atoms with Crippen LogP contribution in [0.3, 0.4) is 0 Å². The number of amides is 4. The Morgan fingerprint density at radius 1 is 0.857 bits per heavy atom. The van der Waals surface area contributed by atoms with Crippen molar-refractivity contribution >= 4 is 29.6 Å². The summed E-state index contributed by atoms with van der Waals surface area (Å²) in [7, 11) is 0. The minimum absolute atomic E-state index is 0.0337. The molecule has 194 valence electrons. The van der Waals surface area contributed by atoms with Gasteiger partial charge in [-0.15, -0.1) is 0 Å². The Balaban J connectivity index is 2.99. The average Bonchev–Trinajstić information content (AvgIpc) is 2.76. The number of phenols is 1. The molecule has 0 saturated carbocycles. The highest BCUT2D eigenvalue weighted by Crippen LogP contribution is 2.12. The molecule has 6 unspecified atom stereocenters. The lowest BCUT2D eigenvalue weighted by Gasteiger charge is -2.26. The molecule has 0 aliphatic carbocycles. The number of nitrogens with two attached hydrogens (primary N) is 2. The predicted octanol–water partition coefficient (Wildman–Crippen LogP) is -3.56. The van der Waals surface area contributed by atoms with Gasteiger partial charge in [0.25, 0.3) is 0 Å². The van der Waals surface area contributed by atoms with Crippen LogP contribution in [-0.4, -0.2) is 86.4 Å². The van der Waals surface area contributed by atoms with Gasteiger partial charge < -0.3 is 47.8 Å². The zero-order valence-electron chi connectivity index (χ0n) is 19.2. The number of aromatic hydroxyl groups is 1. The third kappa shape index (κ3) is 9.56. The van der Waals surface area contributed by atoms with Crippen molar-refractivity contribution in [3.8, 4) is 5.75 Å². The Hall–Kier alpha value is -3.75. The Labute approximate surface area is 200 Å². The number of aliphatic hydroxyl groups excluding tert-OH is 2. The summed E-state index contributed by atoms with van der Waals surface area (Å²) in [6.07, 6.45) is -3.63. The van der Waals surface area contributed by atoms with Crippen LogP contribution in [0.5, 0.6) is 5.75 Å². The minimum Gasteiger partial charge on any atom is -0.508 e. The Bertz CT molecular complexity index is 920. The van der Waals surface area contributed by atoms with E-state index in [-0.39, 0.29) is 12.2 Å². The second kappa shape index (κ2) is 13.2. The number of phenolic OH excluding ortho intramolecular Hbond substituents is 1. The standard InChI is InChI=1S/C21H31N5O9/c1-9(27)16(23)19(32)24-13(8-15(22)30)18(31)26-17(10(2)28)20(33)25-14(21(34)35)7-11-3-5-12(29)6-4-11/h3-6,9-10,13-14,16-17,27-29H,7-8,23H2,1-2H3,(H2,22,30)(H,24,32)(H,25,33)(H,26,31)(H,34,35). The summed E-state index contributed by atoms with van der Waals surface area (Å²) in [5, 5.41) is 44.8. The first-order valence-corrected chi connectivity index (χ1v) is 10.5. The van der Waals surface area contributed by atoms with Gasteiger partial charge in [-0.05, 0) is 31.5 Å². The van der Waals surface area contributed by atoms with Crippen molar-refractivity contribution in [1.82, 2.24) is 16.0 Å². The maximum absolute atomic E-state index is 12.7. The Morgan fingerprint density at radius 2 is 1.40 bits per heavy atom. The molecule has 0 aromatic heterocycles. The number of rotatable bonds is 13. The number of primary amides is 1. The lowest BCUT2D eigenvalue weighted by atomic mass is 10.0. The van der Waals surface area contributed by atoms with E-state index in [9.17, 15) is 44.4 Å². The van der Waals surface area contributed by atoms with Crippen molar-refractivity contribution in [3.63, 3.8) is 0 Å². The predicted molar refractivity (Wildman–Crippen MR) is 120 cm³/mol. The molecule has 14 nitrogen and oxygen atoms in total. The normalized spacial score (nSPS) is 16.0. The first kappa shape index (κ1) is 29.3. The maximum atomic E-state index is 12.7. The molecular formula is C21H31N5O9. The average molecular weight is 498 g/mol. The lowest BCUT2D eigenvalue weighted by molar-refractivity contribution is -0.143. The highest BCUT2D eigenvalue weighted by molar-refractivity contribution is 5.96. The zero-order valence-corrected chi connectivity index (χ0v) is 19.2. The summed E-state index contributed by atoms with van der Waals surface area (Å²) in [4.78, 5) is 60.5. The molecular weight excluding hydrogens is 466 g/mol. The molecule has 4 amide bonds. The van der Waals surface area contributed by atoms with Crippen LogP contribution in [0.2, 0.25) is 0 Å². The van der Waals surface area contributed by atoms with Crippen LogP contribution < -0.4 is 27.4 Å². The summed E-state index contributed by atoms with van der Waals surface area (Å²) >= 11 is 0. The molecule has 0 spiro atoms. The summed E-state index contributed by atoms with van der Waals surface area (Å²) in [6.45, 7) is 2.39. The van der Waals surface area contributed by atoms with Crippen molar-refractivity contribution in [2.24, 2.45) is 11.5 Å². The smallest absolute Gasteiger partial charge is 0.326 e. The fourth-order valence-electron chi connectivity index (χ4n) is 2.89. The summed E-state index contributed by atoms with van der Waals surface area (Å²) in [5.41, 5.74) is 11.1. The van der Waals surface area contributed by atoms with Crippen LogP contribution >= 0.6 is 0 Å². The third-order valence-electron chi connectivity index (χ3n) is 4.91. The SMILES string of the molecule is CC(O)C(N)C(=O)NC(CC(N)=O)C(=O)NC(C(=O)NC(Cc1ccc(O)cc1)C(=O)O)C(C)O. The van der Waals surface area contributed by atoms with Gasteiger partial charge in [-0.25, -0.2) is 4.79 Å². The van der Waals surface area contributed by atoms with Gasteiger partial charge in [0.1, 0.15) is 29.9 Å². The topological polar surface area (TPSA) is 254 Å². The van der Waals surface area contributed by atoms with Crippen molar-refractivity contribution < 1.29 is 44.4 Å². The van der Waals surface area contributed by atoms with Gasteiger partial charge in [0, 0.05) is 6.42 Å². The molecule has 6 atom stereocenters. The molecule has 0 bridgehead atoms. The third-order valence-corrected chi connectivity index (χ3v) is 4.91. The molecule has 0 heterocycles. The first-order valence-electron chi connectivity index (χ1n) is 10.5. The largest absolute Gasteiger partial charge is 0.508 e. The number of hydrogen-bond donors (Lipinski definition) is 9. The zero-order chi connectivity index (χ0) is 26.9. The molecule has 1 rings (SSSR count). The van der Waals surface area contributed by atoms with Crippen LogP contribution in [0.25, 0.3) is 0 Å². The molecule has 0 fully saturated rings. The Morgan fingerprint density at radius 3 is 1.86 bits per heavy atom. The molecule has 1 aromatic carbocycles. The van der Waals surface area contributed by atoms with Gasteiger partial charge in [-0.2, -0.15) is 0 Å². The first-order chi connectivity index (χ1) is 16.2. The number of benzene rings is 1. The van der Waals surface area contributed by atoms with E-state index in [1.165, 1.54) is 31.2 Å². The number of carboxylic acids is 1. The van der Waals surface area contributed by atoms with Gasteiger partial charge in [-0.1, -0.05) is 12.1 Å². The molecule has 1 aromatic rings. The van der Waals surface area contributed by atoms with E-state index in [0.717, 1.165) is 6.92 Å². The van der Waals surface area contributed by atoms with E-state index in [1.54, 1.807) is 0 Å². The number of carbonyl (C=O) groups excluding carboxylic acids is 4. The number of carboxylic acid groups (broad SMARTS) is 1. The lowest BCUT2D eigenvalue weighted by Crippen LogP contribution is -2.61. The fraction of sp³-hybridized carbons (Fsp3) is 0.476. The van der Waals surface area contributed by atoms with Gasteiger partial charge in [-0.3, -0.25) is 19.2 Å². The number of hydrogen-bond acceptors (Lipinski definition) is 9. The van der Waals surface area contributed by atoms with E-state index >= 15 is 0 Å². The van der Waals surface area contributed by atoms with Gasteiger partial charge in [0.05, 0.1) is 18.6 Å². The molecule has 0 saturated heterocycles. The van der Waals surface area contributed by atoms with Crippen molar-refractivity contribution in [2.45, 2.75) is 63.1 Å². The monoisotopic (exact) mass is 497 g/mol. The molecule has 0 aliphatic rings. The van der Waals surface area contributed by atoms with Crippen molar-refractivity contribution in [1.29, 1.82) is 0 Å². The molecule has 14 heteroatoms. The highest BCUT2D eigenvalue weighted by atomic mass is 16.4. The van der Waals surface area contributed by atoms with Gasteiger partial charge in [0.15, 0.2) is 0 Å². The van der Waals surface area contributed by atoms with Crippen molar-refractivity contribution in [2.75, 3.05) is 0 Å². The maximum Gasteiger partial charge on any atom is 0.326 e. The van der Waals surface area contributed by atoms with Crippen LogP contribution in [0, 0.1) is 0 Å². The van der Waals surface area contributed by atoms with Crippen LogP contribution in [0.15, 0.2) is 24.3 Å². The minimum atomic E-state index is -1.66. The quantitative estimate of drug-likeness (QED) is 0.130.